The first-order chi connectivity index (χ1) is 9.54. The maximum atomic E-state index is 12.1. The first-order valence-corrected chi connectivity index (χ1v) is 6.50. The number of aryl methyl sites for hydroxylation is 2. The smallest absolute Gasteiger partial charge is 0.250 e. The molecule has 0 aliphatic heterocycles. The summed E-state index contributed by atoms with van der Waals surface area (Å²) in [6, 6.07) is 3.07. The molecule has 1 aliphatic carbocycles. The minimum atomic E-state index is -0.0948. The third-order valence-electron chi connectivity index (χ3n) is 3.63. The lowest BCUT2D eigenvalue weighted by atomic mass is 10.2. The predicted molar refractivity (Wildman–Crippen MR) is 74.4 cm³/mol. The van der Waals surface area contributed by atoms with E-state index in [-0.39, 0.29) is 23.3 Å². The van der Waals surface area contributed by atoms with E-state index >= 15 is 0 Å². The Bertz CT molecular complexity index is 716. The molecular formula is C14H16N4O2. The fourth-order valence-electron chi connectivity index (χ4n) is 2.39. The van der Waals surface area contributed by atoms with Crippen molar-refractivity contribution in [2.45, 2.75) is 12.3 Å². The normalized spacial score (nSPS) is 20.7. The van der Waals surface area contributed by atoms with Crippen LogP contribution in [0, 0.1) is 5.92 Å². The highest BCUT2D eigenvalue weighted by Crippen LogP contribution is 2.47. The molecule has 104 valence electrons. The van der Waals surface area contributed by atoms with E-state index in [9.17, 15) is 9.59 Å². The summed E-state index contributed by atoms with van der Waals surface area (Å²) in [5, 5.41) is 6.98. The lowest BCUT2D eigenvalue weighted by molar-refractivity contribution is -0.117. The zero-order chi connectivity index (χ0) is 14.3. The molecule has 0 spiro atoms. The number of aromatic nitrogens is 3. The van der Waals surface area contributed by atoms with Gasteiger partial charge in [0, 0.05) is 38.5 Å². The minimum absolute atomic E-state index is 0.00231. The second-order valence-corrected chi connectivity index (χ2v) is 5.25. The van der Waals surface area contributed by atoms with Crippen molar-refractivity contribution in [1.29, 1.82) is 0 Å². The number of anilines is 1. The summed E-state index contributed by atoms with van der Waals surface area (Å²) in [7, 11) is 3.53. The van der Waals surface area contributed by atoms with Crippen LogP contribution in [0.1, 0.15) is 17.9 Å². The second-order valence-electron chi connectivity index (χ2n) is 5.25. The van der Waals surface area contributed by atoms with Gasteiger partial charge >= 0.3 is 0 Å². The van der Waals surface area contributed by atoms with Gasteiger partial charge in [0.2, 0.25) is 11.5 Å². The van der Waals surface area contributed by atoms with E-state index in [0.717, 1.165) is 12.0 Å². The molecule has 0 radical (unpaired) electrons. The molecule has 1 fully saturated rings. The van der Waals surface area contributed by atoms with Crippen molar-refractivity contribution in [1.82, 2.24) is 14.3 Å². The predicted octanol–water partition coefficient (Wildman–Crippen LogP) is 0.861. The summed E-state index contributed by atoms with van der Waals surface area (Å²) in [6.07, 6.45) is 6.24. The van der Waals surface area contributed by atoms with E-state index in [2.05, 4.69) is 10.4 Å². The van der Waals surface area contributed by atoms with Gasteiger partial charge in [-0.1, -0.05) is 0 Å². The van der Waals surface area contributed by atoms with Crippen molar-refractivity contribution in [2.75, 3.05) is 5.32 Å². The maximum Gasteiger partial charge on any atom is 0.250 e. The summed E-state index contributed by atoms with van der Waals surface area (Å²) in [4.78, 5) is 23.4. The molecule has 2 unspecified atom stereocenters. The SMILES string of the molecule is Cn1cc(C2CC2C(=O)Nc2ccc(=O)n(C)c2)cn1. The Morgan fingerprint density at radius 3 is 2.80 bits per heavy atom. The van der Waals surface area contributed by atoms with E-state index < -0.39 is 0 Å². The Labute approximate surface area is 116 Å². The third-order valence-corrected chi connectivity index (χ3v) is 3.63. The van der Waals surface area contributed by atoms with Crippen molar-refractivity contribution in [2.24, 2.45) is 20.0 Å². The monoisotopic (exact) mass is 272 g/mol. The van der Waals surface area contributed by atoms with Gasteiger partial charge in [-0.3, -0.25) is 14.3 Å². The zero-order valence-corrected chi connectivity index (χ0v) is 11.4. The van der Waals surface area contributed by atoms with Gasteiger partial charge < -0.3 is 9.88 Å². The second kappa shape index (κ2) is 4.63. The summed E-state index contributed by atoms with van der Waals surface area (Å²) in [6.45, 7) is 0. The molecule has 1 aliphatic rings. The Kier molecular flexibility index (Phi) is 2.93. The highest BCUT2D eigenvalue weighted by atomic mass is 16.2. The van der Waals surface area contributed by atoms with Crippen LogP contribution in [0.15, 0.2) is 35.5 Å². The molecule has 2 atom stereocenters. The Hall–Kier alpha value is -2.37. The Morgan fingerprint density at radius 2 is 2.15 bits per heavy atom. The number of carbonyl (C=O) groups is 1. The molecule has 20 heavy (non-hydrogen) atoms. The van der Waals surface area contributed by atoms with Gasteiger partial charge in [-0.2, -0.15) is 5.10 Å². The number of nitrogens with one attached hydrogen (secondary N) is 1. The molecule has 1 amide bonds. The molecule has 2 heterocycles. The maximum absolute atomic E-state index is 12.1. The lowest BCUT2D eigenvalue weighted by Gasteiger charge is -2.06. The number of carbonyl (C=O) groups excluding carboxylic acids is 1. The molecule has 0 saturated heterocycles. The van der Waals surface area contributed by atoms with Gasteiger partial charge in [0.1, 0.15) is 0 Å². The van der Waals surface area contributed by atoms with Crippen LogP contribution in [0.3, 0.4) is 0 Å². The van der Waals surface area contributed by atoms with E-state index in [0.29, 0.717) is 5.69 Å². The molecule has 2 aromatic rings. The third kappa shape index (κ3) is 2.36. The van der Waals surface area contributed by atoms with E-state index in [1.54, 1.807) is 24.0 Å². The van der Waals surface area contributed by atoms with Gasteiger partial charge in [-0.25, -0.2) is 0 Å². The van der Waals surface area contributed by atoms with Crippen LogP contribution in [0.2, 0.25) is 0 Å². The van der Waals surface area contributed by atoms with E-state index in [4.69, 9.17) is 0 Å². The highest BCUT2D eigenvalue weighted by Gasteiger charge is 2.44. The van der Waals surface area contributed by atoms with E-state index in [1.807, 2.05) is 19.4 Å². The fraction of sp³-hybridized carbons (Fsp3) is 0.357. The van der Waals surface area contributed by atoms with Crippen molar-refractivity contribution in [3.63, 3.8) is 0 Å². The molecule has 1 N–H and O–H groups in total. The number of hydrogen-bond acceptors (Lipinski definition) is 3. The number of hydrogen-bond donors (Lipinski definition) is 1. The van der Waals surface area contributed by atoms with Crippen molar-refractivity contribution >= 4 is 11.6 Å². The summed E-state index contributed by atoms with van der Waals surface area (Å²) < 4.78 is 3.19. The average molecular weight is 272 g/mol. The first kappa shape index (κ1) is 12.7. The molecule has 2 aromatic heterocycles. The van der Waals surface area contributed by atoms with Crippen molar-refractivity contribution < 1.29 is 4.79 Å². The fourth-order valence-corrected chi connectivity index (χ4v) is 2.39. The summed E-state index contributed by atoms with van der Waals surface area (Å²) in [5.41, 5.74) is 1.66. The molecule has 0 bridgehead atoms. The standard InChI is InChI=1S/C14H16N4O2/c1-17-8-10(3-4-13(17)19)16-14(20)12-5-11(12)9-6-15-18(2)7-9/h3-4,6-8,11-12H,5H2,1-2H3,(H,16,20). The molecule has 6 nitrogen and oxygen atoms in total. The molecule has 0 aromatic carbocycles. The van der Waals surface area contributed by atoms with Crippen LogP contribution in [0.4, 0.5) is 5.69 Å². The van der Waals surface area contributed by atoms with E-state index in [1.165, 1.54) is 10.6 Å². The molecule has 6 heteroatoms. The number of amides is 1. The minimum Gasteiger partial charge on any atom is -0.325 e. The summed E-state index contributed by atoms with van der Waals surface area (Å²) >= 11 is 0. The Morgan fingerprint density at radius 1 is 1.35 bits per heavy atom. The molecule has 3 rings (SSSR count). The van der Waals surface area contributed by atoms with Crippen LogP contribution < -0.4 is 10.9 Å². The van der Waals surface area contributed by atoms with Crippen molar-refractivity contribution in [3.8, 4) is 0 Å². The highest BCUT2D eigenvalue weighted by molar-refractivity contribution is 5.95. The van der Waals surface area contributed by atoms with Gasteiger partial charge in [0.25, 0.3) is 0 Å². The van der Waals surface area contributed by atoms with Gasteiger partial charge in [-0.05, 0) is 24.0 Å². The molecular weight excluding hydrogens is 256 g/mol. The van der Waals surface area contributed by atoms with Crippen LogP contribution in [-0.4, -0.2) is 20.3 Å². The van der Waals surface area contributed by atoms with Crippen LogP contribution in [-0.2, 0) is 18.9 Å². The van der Waals surface area contributed by atoms with Gasteiger partial charge in [0.05, 0.1) is 11.9 Å². The zero-order valence-electron chi connectivity index (χ0n) is 11.4. The Balaban J connectivity index is 1.66. The number of pyridine rings is 1. The number of rotatable bonds is 3. The van der Waals surface area contributed by atoms with Gasteiger partial charge in [0.15, 0.2) is 0 Å². The average Bonchev–Trinajstić information content (AvgIpc) is 3.10. The van der Waals surface area contributed by atoms with Crippen LogP contribution in [0.5, 0.6) is 0 Å². The molecule has 1 saturated carbocycles. The van der Waals surface area contributed by atoms with Gasteiger partial charge in [-0.15, -0.1) is 0 Å². The quantitative estimate of drug-likeness (QED) is 0.901. The van der Waals surface area contributed by atoms with Crippen molar-refractivity contribution in [3.05, 3.63) is 46.6 Å². The first-order valence-electron chi connectivity index (χ1n) is 6.50. The van der Waals surface area contributed by atoms with Crippen LogP contribution in [0.25, 0.3) is 0 Å². The summed E-state index contributed by atoms with van der Waals surface area (Å²) in [5.74, 6) is 0.255. The topological polar surface area (TPSA) is 68.9 Å². The number of nitrogens with zero attached hydrogens (tertiary/aromatic N) is 3. The van der Waals surface area contributed by atoms with Crippen LogP contribution >= 0.6 is 0 Å². The lowest BCUT2D eigenvalue weighted by Crippen LogP contribution is -2.19. The largest absolute Gasteiger partial charge is 0.325 e.